The molecule has 2 nitrogen and oxygen atoms in total. The van der Waals surface area contributed by atoms with Crippen LogP contribution in [0.4, 0.5) is 0 Å². The van der Waals surface area contributed by atoms with Gasteiger partial charge in [0.05, 0.1) is 0 Å². The van der Waals surface area contributed by atoms with Crippen molar-refractivity contribution in [3.8, 4) is 0 Å². The van der Waals surface area contributed by atoms with Gasteiger partial charge in [-0.25, -0.2) is 0 Å². The zero-order chi connectivity index (χ0) is 13.7. The van der Waals surface area contributed by atoms with Crippen molar-refractivity contribution in [2.24, 2.45) is 5.92 Å². The topological polar surface area (TPSA) is 25.2 Å². The Kier molecular flexibility index (Phi) is 5.03. The predicted molar refractivity (Wildman–Crippen MR) is 81.4 cm³/mol. The Morgan fingerprint density at radius 2 is 1.84 bits per heavy atom. The van der Waals surface area contributed by atoms with Crippen LogP contribution >= 0.6 is 0 Å². The molecular weight excluding hydrogens is 234 g/mol. The molecule has 2 heteroatoms. The summed E-state index contributed by atoms with van der Waals surface area (Å²) in [5.74, 6) is 1.90. The van der Waals surface area contributed by atoms with Gasteiger partial charge in [0.2, 0.25) is 0 Å². The Morgan fingerprint density at radius 3 is 2.53 bits per heavy atom. The third-order valence-corrected chi connectivity index (χ3v) is 3.99. The molecule has 0 amide bonds. The number of aryl methyl sites for hydroxylation is 1. The maximum absolute atomic E-state index is 5.92. The van der Waals surface area contributed by atoms with Gasteiger partial charge in [0.15, 0.2) is 0 Å². The second-order valence-corrected chi connectivity index (χ2v) is 5.17. The smallest absolute Gasteiger partial charge is 0.134 e. The third kappa shape index (κ3) is 3.19. The minimum atomic E-state index is 0.781. The van der Waals surface area contributed by atoms with Crippen molar-refractivity contribution in [1.82, 2.24) is 5.32 Å². The highest BCUT2D eigenvalue weighted by Crippen LogP contribution is 2.26. The zero-order valence-electron chi connectivity index (χ0n) is 12.3. The first-order valence-electron chi connectivity index (χ1n) is 7.50. The van der Waals surface area contributed by atoms with Gasteiger partial charge in [-0.15, -0.1) is 0 Å². The van der Waals surface area contributed by atoms with Crippen LogP contribution < -0.4 is 5.32 Å². The molecule has 0 unspecified atom stereocenters. The summed E-state index contributed by atoms with van der Waals surface area (Å²) in [6, 6.07) is 8.33. The maximum Gasteiger partial charge on any atom is 0.134 e. The molecule has 1 aromatic carbocycles. The van der Waals surface area contributed by atoms with E-state index in [0.717, 1.165) is 36.8 Å². The molecule has 104 valence electrons. The maximum atomic E-state index is 5.92. The van der Waals surface area contributed by atoms with E-state index in [-0.39, 0.29) is 0 Å². The van der Waals surface area contributed by atoms with E-state index in [0.29, 0.717) is 0 Å². The van der Waals surface area contributed by atoms with Crippen LogP contribution in [0.25, 0.3) is 11.0 Å². The number of rotatable bonds is 7. The summed E-state index contributed by atoms with van der Waals surface area (Å²) < 4.78 is 5.92. The van der Waals surface area contributed by atoms with Gasteiger partial charge in [-0.05, 0) is 18.5 Å². The van der Waals surface area contributed by atoms with Crippen molar-refractivity contribution in [1.29, 1.82) is 0 Å². The summed E-state index contributed by atoms with van der Waals surface area (Å²) in [6.45, 7) is 8.69. The van der Waals surface area contributed by atoms with Crippen molar-refractivity contribution in [2.45, 2.75) is 46.6 Å². The minimum absolute atomic E-state index is 0.781. The molecule has 1 N–H and O–H groups in total. The monoisotopic (exact) mass is 259 g/mol. The van der Waals surface area contributed by atoms with E-state index in [1.807, 2.05) is 6.07 Å². The first-order valence-corrected chi connectivity index (χ1v) is 7.50. The molecule has 0 spiro atoms. The van der Waals surface area contributed by atoms with Crippen molar-refractivity contribution >= 4 is 11.0 Å². The molecule has 1 heterocycles. The van der Waals surface area contributed by atoms with Gasteiger partial charge >= 0.3 is 0 Å². The molecule has 0 bridgehead atoms. The quantitative estimate of drug-likeness (QED) is 0.790. The van der Waals surface area contributed by atoms with Crippen molar-refractivity contribution < 1.29 is 4.42 Å². The van der Waals surface area contributed by atoms with Gasteiger partial charge in [0.25, 0.3) is 0 Å². The third-order valence-electron chi connectivity index (χ3n) is 3.99. The van der Waals surface area contributed by atoms with Crippen LogP contribution in [0.5, 0.6) is 0 Å². The van der Waals surface area contributed by atoms with E-state index in [2.05, 4.69) is 44.3 Å². The molecule has 0 saturated carbocycles. The van der Waals surface area contributed by atoms with Gasteiger partial charge < -0.3 is 9.73 Å². The number of benzene rings is 1. The van der Waals surface area contributed by atoms with E-state index in [1.165, 1.54) is 23.8 Å². The number of hydrogen-bond acceptors (Lipinski definition) is 2. The van der Waals surface area contributed by atoms with Crippen LogP contribution in [-0.4, -0.2) is 6.54 Å². The van der Waals surface area contributed by atoms with E-state index < -0.39 is 0 Å². The van der Waals surface area contributed by atoms with Gasteiger partial charge in [0.1, 0.15) is 11.3 Å². The van der Waals surface area contributed by atoms with E-state index in [9.17, 15) is 0 Å². The first kappa shape index (κ1) is 14.1. The lowest BCUT2D eigenvalue weighted by atomic mass is 10.0. The molecule has 0 aliphatic heterocycles. The van der Waals surface area contributed by atoms with Crippen LogP contribution in [0, 0.1) is 5.92 Å². The second-order valence-electron chi connectivity index (χ2n) is 5.17. The standard InChI is InChI=1S/C17H25NO/c1-4-13(5-2)11-18-12-15-14-9-7-8-10-17(14)19-16(15)6-3/h7-10,13,18H,4-6,11-12H2,1-3H3. The van der Waals surface area contributed by atoms with Gasteiger partial charge in [-0.2, -0.15) is 0 Å². The summed E-state index contributed by atoms with van der Waals surface area (Å²) in [5, 5.41) is 4.86. The van der Waals surface area contributed by atoms with Crippen LogP contribution in [0.3, 0.4) is 0 Å². The average Bonchev–Trinajstić information content (AvgIpc) is 2.82. The fourth-order valence-electron chi connectivity index (χ4n) is 2.61. The molecule has 0 aliphatic carbocycles. The number of nitrogens with one attached hydrogen (secondary N) is 1. The lowest BCUT2D eigenvalue weighted by Crippen LogP contribution is -2.22. The lowest BCUT2D eigenvalue weighted by molar-refractivity contribution is 0.447. The predicted octanol–water partition coefficient (Wildman–Crippen LogP) is 4.52. The van der Waals surface area contributed by atoms with E-state index in [4.69, 9.17) is 4.42 Å². The normalized spacial score (nSPS) is 11.6. The van der Waals surface area contributed by atoms with Crippen LogP contribution in [0.1, 0.15) is 44.9 Å². The highest BCUT2D eigenvalue weighted by atomic mass is 16.3. The molecule has 1 aromatic heterocycles. The van der Waals surface area contributed by atoms with E-state index >= 15 is 0 Å². The SMILES string of the molecule is CCc1oc2ccccc2c1CNCC(CC)CC. The molecule has 0 saturated heterocycles. The fourth-order valence-corrected chi connectivity index (χ4v) is 2.61. The van der Waals surface area contributed by atoms with Crippen LogP contribution in [0.15, 0.2) is 28.7 Å². The van der Waals surface area contributed by atoms with Gasteiger partial charge in [-0.3, -0.25) is 0 Å². The Hall–Kier alpha value is -1.28. The molecule has 0 atom stereocenters. The lowest BCUT2D eigenvalue weighted by Gasteiger charge is -2.13. The van der Waals surface area contributed by atoms with Gasteiger partial charge in [-0.1, -0.05) is 51.8 Å². The number of fused-ring (bicyclic) bond motifs is 1. The average molecular weight is 259 g/mol. The Balaban J connectivity index is 2.10. The largest absolute Gasteiger partial charge is 0.461 e. The van der Waals surface area contributed by atoms with Crippen molar-refractivity contribution in [3.05, 3.63) is 35.6 Å². The Labute approximate surface area is 116 Å². The molecule has 2 rings (SSSR count). The van der Waals surface area contributed by atoms with Crippen LogP contribution in [-0.2, 0) is 13.0 Å². The Morgan fingerprint density at radius 1 is 1.11 bits per heavy atom. The number of para-hydroxylation sites is 1. The fraction of sp³-hybridized carbons (Fsp3) is 0.529. The molecule has 0 aliphatic rings. The summed E-state index contributed by atoms with van der Waals surface area (Å²) in [7, 11) is 0. The van der Waals surface area contributed by atoms with Crippen molar-refractivity contribution in [2.75, 3.05) is 6.54 Å². The molecule has 2 aromatic rings. The molecular formula is C17H25NO. The highest BCUT2D eigenvalue weighted by molar-refractivity contribution is 5.82. The summed E-state index contributed by atoms with van der Waals surface area (Å²) in [5.41, 5.74) is 2.35. The summed E-state index contributed by atoms with van der Waals surface area (Å²) in [4.78, 5) is 0. The zero-order valence-corrected chi connectivity index (χ0v) is 12.3. The minimum Gasteiger partial charge on any atom is -0.461 e. The summed E-state index contributed by atoms with van der Waals surface area (Å²) in [6.07, 6.45) is 3.45. The second kappa shape index (κ2) is 6.76. The highest BCUT2D eigenvalue weighted by Gasteiger charge is 2.12. The van der Waals surface area contributed by atoms with Gasteiger partial charge in [0, 0.05) is 23.9 Å². The van der Waals surface area contributed by atoms with Crippen molar-refractivity contribution in [3.63, 3.8) is 0 Å². The van der Waals surface area contributed by atoms with E-state index in [1.54, 1.807) is 0 Å². The number of hydrogen-bond donors (Lipinski definition) is 1. The summed E-state index contributed by atoms with van der Waals surface area (Å²) >= 11 is 0. The number of furan rings is 1. The first-order chi connectivity index (χ1) is 9.30. The molecule has 0 radical (unpaired) electrons. The Bertz CT molecular complexity index is 511. The van der Waals surface area contributed by atoms with Crippen LogP contribution in [0.2, 0.25) is 0 Å². The molecule has 0 fully saturated rings. The molecule has 19 heavy (non-hydrogen) atoms.